The topological polar surface area (TPSA) is 40.6 Å². The van der Waals surface area contributed by atoms with Gasteiger partial charge >= 0.3 is 0 Å². The van der Waals surface area contributed by atoms with Crippen molar-refractivity contribution in [1.29, 1.82) is 0 Å². The molecule has 0 saturated carbocycles. The van der Waals surface area contributed by atoms with Gasteiger partial charge in [-0.2, -0.15) is 0 Å². The lowest BCUT2D eigenvalue weighted by Gasteiger charge is -2.19. The van der Waals surface area contributed by atoms with Gasteiger partial charge in [0, 0.05) is 6.29 Å². The van der Waals surface area contributed by atoms with Gasteiger partial charge in [0.05, 0.1) is 13.1 Å². The van der Waals surface area contributed by atoms with Crippen LogP contribution in [0.3, 0.4) is 0 Å². The van der Waals surface area contributed by atoms with Crippen molar-refractivity contribution in [3.8, 4) is 0 Å². The molecule has 0 aromatic carbocycles. The van der Waals surface area contributed by atoms with E-state index in [0.717, 1.165) is 6.29 Å². The molecule has 1 unspecified atom stereocenters. The van der Waals surface area contributed by atoms with Crippen molar-refractivity contribution in [1.82, 2.24) is 9.57 Å². The molecule has 0 bridgehead atoms. The summed E-state index contributed by atoms with van der Waals surface area (Å²) in [6.45, 7) is 4.15. The van der Waals surface area contributed by atoms with E-state index in [1.807, 2.05) is 23.7 Å². The Hall–Kier alpha value is -0.310. The largest absolute Gasteiger partial charge is 0.299 e. The number of carbonyl (C=O) groups is 2. The van der Waals surface area contributed by atoms with Gasteiger partial charge in [-0.05, 0) is 36.7 Å². The Morgan fingerprint density at radius 2 is 1.57 bits per heavy atom. The zero-order chi connectivity index (χ0) is 11.1. The molecule has 0 aliphatic rings. The molecular formula is C9H19N2O2P. The van der Waals surface area contributed by atoms with Gasteiger partial charge in [-0.3, -0.25) is 19.2 Å². The minimum absolute atomic E-state index is 0.173. The lowest BCUT2D eigenvalue weighted by molar-refractivity contribution is -0.118. The highest BCUT2D eigenvalue weighted by Gasteiger charge is 2.05. The predicted octanol–water partition coefficient (Wildman–Crippen LogP) is 0.579. The van der Waals surface area contributed by atoms with Crippen molar-refractivity contribution in [2.24, 2.45) is 0 Å². The maximum Gasteiger partial charge on any atom is 0.144 e. The first-order valence-corrected chi connectivity index (χ1v) is 5.69. The van der Waals surface area contributed by atoms with Crippen LogP contribution >= 0.6 is 8.73 Å². The molecule has 5 heteroatoms. The van der Waals surface area contributed by atoms with Crippen LogP contribution in [0.1, 0.15) is 13.8 Å². The summed E-state index contributed by atoms with van der Waals surface area (Å²) < 4.78 is 1.99. The molecule has 4 nitrogen and oxygen atoms in total. The molecule has 0 aromatic heterocycles. The predicted molar refractivity (Wildman–Crippen MR) is 59.8 cm³/mol. The maximum absolute atomic E-state index is 10.8. The van der Waals surface area contributed by atoms with Crippen LogP contribution in [-0.4, -0.2) is 54.6 Å². The molecule has 0 saturated heterocycles. The van der Waals surface area contributed by atoms with E-state index in [0.29, 0.717) is 21.8 Å². The first-order chi connectivity index (χ1) is 6.41. The van der Waals surface area contributed by atoms with Crippen molar-refractivity contribution in [2.45, 2.75) is 13.8 Å². The number of nitrogens with zero attached hydrogens (tertiary/aromatic N) is 2. The van der Waals surface area contributed by atoms with Gasteiger partial charge in [-0.25, -0.2) is 0 Å². The van der Waals surface area contributed by atoms with Crippen molar-refractivity contribution < 1.29 is 9.59 Å². The van der Waals surface area contributed by atoms with Gasteiger partial charge < -0.3 is 0 Å². The molecule has 0 amide bonds. The molecule has 0 spiro atoms. The summed E-state index contributed by atoms with van der Waals surface area (Å²) in [7, 11) is 4.40. The molecule has 82 valence electrons. The number of likely N-dealkylation sites (N-methyl/N-ethyl adjacent to an activating group) is 2. The SMILES string of the molecule is CC(=O)CN(C)CPN(C)CC(C)=O. The van der Waals surface area contributed by atoms with Crippen LogP contribution in [0, 0.1) is 0 Å². The third kappa shape index (κ3) is 8.30. The molecule has 1 atom stereocenters. The summed E-state index contributed by atoms with van der Waals surface area (Å²) in [6, 6.07) is 0. The van der Waals surface area contributed by atoms with Crippen LogP contribution < -0.4 is 0 Å². The summed E-state index contributed by atoms with van der Waals surface area (Å²) >= 11 is 0. The standard InChI is InChI=1S/C9H19N2O2P/c1-8(12)5-10(3)7-14-11(4)6-9(2)13/h14H,5-7H2,1-4H3. The van der Waals surface area contributed by atoms with Crippen molar-refractivity contribution in [3.63, 3.8) is 0 Å². The van der Waals surface area contributed by atoms with E-state index >= 15 is 0 Å². The first kappa shape index (κ1) is 13.7. The van der Waals surface area contributed by atoms with Crippen LogP contribution in [0.4, 0.5) is 0 Å². The van der Waals surface area contributed by atoms with Crippen molar-refractivity contribution in [3.05, 3.63) is 0 Å². The van der Waals surface area contributed by atoms with E-state index < -0.39 is 0 Å². The molecule has 0 aliphatic carbocycles. The summed E-state index contributed by atoms with van der Waals surface area (Å²) in [5, 5.41) is 0. The molecule has 14 heavy (non-hydrogen) atoms. The molecule has 0 N–H and O–H groups in total. The Morgan fingerprint density at radius 1 is 1.07 bits per heavy atom. The van der Waals surface area contributed by atoms with Crippen molar-refractivity contribution in [2.75, 3.05) is 33.5 Å². The second kappa shape index (κ2) is 7.04. The van der Waals surface area contributed by atoms with E-state index in [-0.39, 0.29) is 11.6 Å². The smallest absolute Gasteiger partial charge is 0.144 e. The molecule has 0 rings (SSSR count). The quantitative estimate of drug-likeness (QED) is 0.586. The molecule has 0 radical (unpaired) electrons. The number of rotatable bonds is 7. The number of Topliss-reactive ketones (excluding diaryl/α,β-unsaturated/α-hetero) is 2. The van der Waals surface area contributed by atoms with E-state index in [4.69, 9.17) is 0 Å². The first-order valence-electron chi connectivity index (χ1n) is 4.54. The Balaban J connectivity index is 3.60. The lowest BCUT2D eigenvalue weighted by Crippen LogP contribution is -2.26. The molecule has 0 fully saturated rings. The summed E-state index contributed by atoms with van der Waals surface area (Å²) in [5.41, 5.74) is 0. The average Bonchev–Trinajstić information content (AvgIpc) is 1.98. The number of hydrogen-bond donors (Lipinski definition) is 0. The highest BCUT2D eigenvalue weighted by molar-refractivity contribution is 7.35. The Morgan fingerprint density at radius 3 is 2.00 bits per heavy atom. The van der Waals surface area contributed by atoms with Gasteiger partial charge in [0.25, 0.3) is 0 Å². The van der Waals surface area contributed by atoms with Gasteiger partial charge in [-0.15, -0.1) is 0 Å². The zero-order valence-electron chi connectivity index (χ0n) is 9.33. The lowest BCUT2D eigenvalue weighted by atomic mass is 10.4. The number of hydrogen-bond acceptors (Lipinski definition) is 4. The summed E-state index contributed by atoms with van der Waals surface area (Å²) in [6.07, 6.45) is 0.837. The summed E-state index contributed by atoms with van der Waals surface area (Å²) in [5.74, 6) is 0.348. The van der Waals surface area contributed by atoms with Crippen LogP contribution in [0.25, 0.3) is 0 Å². The van der Waals surface area contributed by atoms with Gasteiger partial charge in [0.1, 0.15) is 11.6 Å². The fourth-order valence-electron chi connectivity index (χ4n) is 1.07. The van der Waals surface area contributed by atoms with Crippen LogP contribution in [-0.2, 0) is 9.59 Å². The minimum Gasteiger partial charge on any atom is -0.299 e. The monoisotopic (exact) mass is 218 g/mol. The Labute approximate surface area is 87.5 Å². The minimum atomic E-state index is 0.173. The Kier molecular flexibility index (Phi) is 6.89. The van der Waals surface area contributed by atoms with Gasteiger partial charge in [0.2, 0.25) is 0 Å². The van der Waals surface area contributed by atoms with Gasteiger partial charge in [0.15, 0.2) is 0 Å². The van der Waals surface area contributed by atoms with Crippen LogP contribution in [0.2, 0.25) is 0 Å². The fraction of sp³-hybridized carbons (Fsp3) is 0.778. The second-order valence-corrected chi connectivity index (χ2v) is 4.99. The van der Waals surface area contributed by atoms with E-state index in [1.165, 1.54) is 0 Å². The maximum atomic E-state index is 10.8. The normalized spacial score (nSPS) is 11.9. The van der Waals surface area contributed by atoms with Crippen molar-refractivity contribution >= 4 is 20.3 Å². The molecular weight excluding hydrogens is 199 g/mol. The Bertz CT molecular complexity index is 187. The highest BCUT2D eigenvalue weighted by atomic mass is 31.1. The number of carbonyl (C=O) groups excluding carboxylic acids is 2. The average molecular weight is 218 g/mol. The third-order valence-electron chi connectivity index (χ3n) is 1.56. The van der Waals surface area contributed by atoms with Gasteiger partial charge in [-0.1, -0.05) is 0 Å². The fourth-order valence-corrected chi connectivity index (χ4v) is 2.00. The third-order valence-corrected chi connectivity index (χ3v) is 2.94. The summed E-state index contributed by atoms with van der Waals surface area (Å²) in [4.78, 5) is 23.5. The molecule has 0 heterocycles. The zero-order valence-corrected chi connectivity index (χ0v) is 10.3. The highest BCUT2D eigenvalue weighted by Crippen LogP contribution is 2.15. The van der Waals surface area contributed by atoms with E-state index in [1.54, 1.807) is 13.8 Å². The van der Waals surface area contributed by atoms with E-state index in [2.05, 4.69) is 0 Å². The second-order valence-electron chi connectivity index (χ2n) is 3.59. The van der Waals surface area contributed by atoms with E-state index in [9.17, 15) is 9.59 Å². The number of ketones is 2. The van der Waals surface area contributed by atoms with Crippen LogP contribution in [0.5, 0.6) is 0 Å². The molecule has 0 aliphatic heterocycles. The molecule has 0 aromatic rings. The van der Waals surface area contributed by atoms with Crippen LogP contribution in [0.15, 0.2) is 0 Å².